The first-order chi connectivity index (χ1) is 21.9. The van der Waals surface area contributed by atoms with Gasteiger partial charge in [-0.15, -0.1) is 0 Å². The maximum Gasteiger partial charge on any atom is 0.211 e. The average Bonchev–Trinajstić information content (AvgIpc) is 3.38. The van der Waals surface area contributed by atoms with Crippen molar-refractivity contribution in [2.24, 2.45) is 0 Å². The van der Waals surface area contributed by atoms with E-state index in [4.69, 9.17) is 21.4 Å². The molecule has 0 saturated carbocycles. The topological polar surface area (TPSA) is 70.9 Å². The zero-order valence-electron chi connectivity index (χ0n) is 27.8. The Hall–Kier alpha value is -2.71. The van der Waals surface area contributed by atoms with Crippen LogP contribution in [-0.2, 0) is 40.7 Å². The summed E-state index contributed by atoms with van der Waals surface area (Å²) in [4.78, 5) is 4.99. The highest BCUT2D eigenvalue weighted by Crippen LogP contribution is 2.35. The Balaban J connectivity index is 1.27. The number of hydrogen-bond acceptors (Lipinski definition) is 6. The Labute approximate surface area is 279 Å². The third kappa shape index (κ3) is 7.23. The number of aryl methyl sites for hydroxylation is 1. The molecule has 246 valence electrons. The molecule has 8 nitrogen and oxygen atoms in total. The molecular weight excluding hydrogens is 618 g/mol. The molecule has 0 N–H and O–H groups in total. The second-order valence-corrected chi connectivity index (χ2v) is 16.2. The lowest BCUT2D eigenvalue weighted by atomic mass is 9.88. The molecule has 1 aromatic heterocycles. The third-order valence-electron chi connectivity index (χ3n) is 9.64. The van der Waals surface area contributed by atoms with Crippen molar-refractivity contribution < 1.29 is 13.2 Å². The van der Waals surface area contributed by atoms with Crippen LogP contribution in [0.25, 0.3) is 11.3 Å². The van der Waals surface area contributed by atoms with Crippen molar-refractivity contribution in [3.63, 3.8) is 0 Å². The number of nitrogens with zero attached hydrogens (tertiary/aromatic N) is 5. The molecule has 4 heterocycles. The summed E-state index contributed by atoms with van der Waals surface area (Å²) in [5.41, 5.74) is 8.36. The van der Waals surface area contributed by atoms with Crippen LogP contribution in [0.2, 0.25) is 5.02 Å². The smallest absolute Gasteiger partial charge is 0.211 e. The number of morpholine rings is 1. The molecule has 0 radical (unpaired) electrons. The summed E-state index contributed by atoms with van der Waals surface area (Å²) in [5, 5.41) is 5.67. The maximum atomic E-state index is 12.5. The molecule has 0 aliphatic carbocycles. The van der Waals surface area contributed by atoms with Gasteiger partial charge >= 0.3 is 0 Å². The van der Waals surface area contributed by atoms with Crippen LogP contribution in [0.5, 0.6) is 0 Å². The van der Waals surface area contributed by atoms with Crippen molar-refractivity contribution in [3.8, 4) is 23.1 Å². The average molecular weight is 664 g/mol. The van der Waals surface area contributed by atoms with Gasteiger partial charge in [0.05, 0.1) is 30.2 Å². The van der Waals surface area contributed by atoms with E-state index in [1.807, 2.05) is 18.2 Å². The lowest BCUT2D eigenvalue weighted by Gasteiger charge is -2.44. The summed E-state index contributed by atoms with van der Waals surface area (Å²) in [6.07, 6.45) is 3.89. The predicted octanol–water partition coefficient (Wildman–Crippen LogP) is 5.36. The van der Waals surface area contributed by atoms with Crippen LogP contribution < -0.4 is 0 Å². The summed E-state index contributed by atoms with van der Waals surface area (Å²) in [5.74, 6) is 6.70. The van der Waals surface area contributed by atoms with E-state index in [0.717, 1.165) is 92.4 Å². The Morgan fingerprint density at radius 3 is 2.52 bits per heavy atom. The van der Waals surface area contributed by atoms with E-state index in [9.17, 15) is 8.42 Å². The molecule has 0 spiro atoms. The van der Waals surface area contributed by atoms with Crippen LogP contribution in [0, 0.1) is 11.8 Å². The van der Waals surface area contributed by atoms with Gasteiger partial charge in [-0.25, -0.2) is 8.42 Å². The van der Waals surface area contributed by atoms with Crippen LogP contribution in [0.1, 0.15) is 73.7 Å². The van der Waals surface area contributed by atoms with E-state index in [-0.39, 0.29) is 5.54 Å². The quantitative estimate of drug-likeness (QED) is 0.331. The van der Waals surface area contributed by atoms with E-state index in [0.29, 0.717) is 30.6 Å². The van der Waals surface area contributed by atoms with Gasteiger partial charge in [-0.05, 0) is 75.9 Å². The largest absolute Gasteiger partial charge is 0.379 e. The number of rotatable bonds is 6. The Morgan fingerprint density at radius 2 is 1.78 bits per heavy atom. The second-order valence-electron chi connectivity index (χ2n) is 13.8. The zero-order valence-corrected chi connectivity index (χ0v) is 29.3. The maximum absolute atomic E-state index is 12.5. The van der Waals surface area contributed by atoms with Crippen LogP contribution in [0.3, 0.4) is 0 Å². The molecule has 10 heteroatoms. The normalized spacial score (nSPS) is 19.7. The molecule has 1 unspecified atom stereocenters. The molecule has 0 bridgehead atoms. The van der Waals surface area contributed by atoms with Gasteiger partial charge in [0.1, 0.15) is 0 Å². The number of halogens is 1. The van der Waals surface area contributed by atoms with Crippen LogP contribution >= 0.6 is 11.6 Å². The van der Waals surface area contributed by atoms with E-state index in [1.165, 1.54) is 17.4 Å². The fraction of sp³-hybridized carbons (Fsp3) is 0.528. The third-order valence-corrected chi connectivity index (χ3v) is 11.2. The predicted molar refractivity (Wildman–Crippen MR) is 185 cm³/mol. The van der Waals surface area contributed by atoms with Gasteiger partial charge in [0.2, 0.25) is 10.0 Å². The number of benzene rings is 2. The minimum Gasteiger partial charge on any atom is -0.379 e. The fourth-order valence-corrected chi connectivity index (χ4v) is 8.12. The number of hydrogen-bond donors (Lipinski definition) is 0. The van der Waals surface area contributed by atoms with Crippen LogP contribution in [0.15, 0.2) is 36.4 Å². The van der Waals surface area contributed by atoms with Gasteiger partial charge in [-0.1, -0.05) is 35.6 Å². The molecular formula is C36H46ClN5O3S. The lowest BCUT2D eigenvalue weighted by Crippen LogP contribution is -2.46. The van der Waals surface area contributed by atoms with Crippen molar-refractivity contribution >= 4 is 21.6 Å². The van der Waals surface area contributed by atoms with Crippen molar-refractivity contribution in [3.05, 3.63) is 74.9 Å². The lowest BCUT2D eigenvalue weighted by molar-refractivity contribution is 0.0368. The zero-order chi connectivity index (χ0) is 32.6. The van der Waals surface area contributed by atoms with E-state index in [2.05, 4.69) is 72.2 Å². The molecule has 2 aromatic carbocycles. The molecule has 3 aromatic rings. The highest BCUT2D eigenvalue weighted by molar-refractivity contribution is 7.88. The first kappa shape index (κ1) is 33.2. The number of aromatic nitrogens is 2. The number of ether oxygens (including phenoxy) is 1. The first-order valence-corrected chi connectivity index (χ1v) is 18.7. The SMILES string of the molecule is CC1c2ccc(C#Cc3cc(-c4nn(CCCN5CCOCC5)c5c4CN(S(C)(=O)=O)CC5)ccc3Cl)cc2CCN1C(C)(C)C. The molecule has 3 aliphatic heterocycles. The van der Waals surface area contributed by atoms with Crippen molar-refractivity contribution in [2.45, 2.75) is 71.6 Å². The van der Waals surface area contributed by atoms with Crippen molar-refractivity contribution in [1.29, 1.82) is 0 Å². The molecule has 0 amide bonds. The van der Waals surface area contributed by atoms with Gasteiger partial charge < -0.3 is 4.74 Å². The Morgan fingerprint density at radius 1 is 1.00 bits per heavy atom. The minimum atomic E-state index is -3.33. The molecule has 46 heavy (non-hydrogen) atoms. The standard InChI is InChI=1S/C36H46ClN5O3S/c1-26-31-11-8-27(23-28(31)13-18-41(26)36(2,3)4)7-9-29-24-30(10-12-33(29)37)35-32-25-40(46(5,43)44)17-14-34(32)42(38-35)16-6-15-39-19-21-45-22-20-39/h8,10-12,23-24,26H,6,13-22,25H2,1-5H3. The first-order valence-electron chi connectivity index (χ1n) is 16.4. The van der Waals surface area contributed by atoms with Crippen LogP contribution in [0.4, 0.5) is 0 Å². The number of sulfonamides is 1. The molecule has 3 aliphatic rings. The van der Waals surface area contributed by atoms with Crippen LogP contribution in [-0.4, -0.2) is 90.0 Å². The summed E-state index contributed by atoms with van der Waals surface area (Å²) < 4.78 is 34.2. The van der Waals surface area contributed by atoms with E-state index < -0.39 is 10.0 Å². The summed E-state index contributed by atoms with van der Waals surface area (Å²) in [6.45, 7) is 16.2. The monoisotopic (exact) mass is 663 g/mol. The minimum absolute atomic E-state index is 0.123. The second kappa shape index (κ2) is 13.4. The van der Waals surface area contributed by atoms with E-state index >= 15 is 0 Å². The van der Waals surface area contributed by atoms with Gasteiger partial charge in [0.15, 0.2) is 0 Å². The highest BCUT2D eigenvalue weighted by Gasteiger charge is 2.32. The van der Waals surface area contributed by atoms with E-state index in [1.54, 1.807) is 4.31 Å². The van der Waals surface area contributed by atoms with Gasteiger partial charge in [0, 0.05) is 91.8 Å². The molecule has 1 fully saturated rings. The molecule has 6 rings (SSSR count). The van der Waals surface area contributed by atoms with Crippen molar-refractivity contribution in [1.82, 2.24) is 23.9 Å². The fourth-order valence-electron chi connectivity index (χ4n) is 7.17. The molecule has 1 atom stereocenters. The highest BCUT2D eigenvalue weighted by atomic mass is 35.5. The molecule has 1 saturated heterocycles. The Bertz CT molecular complexity index is 1760. The van der Waals surface area contributed by atoms with Gasteiger partial charge in [0.25, 0.3) is 0 Å². The van der Waals surface area contributed by atoms with Gasteiger partial charge in [-0.3, -0.25) is 14.5 Å². The Kier molecular flexibility index (Phi) is 9.69. The van der Waals surface area contributed by atoms with Crippen molar-refractivity contribution in [2.75, 3.05) is 52.2 Å². The van der Waals surface area contributed by atoms with Gasteiger partial charge in [-0.2, -0.15) is 9.40 Å². The number of fused-ring (bicyclic) bond motifs is 2. The summed E-state index contributed by atoms with van der Waals surface area (Å²) in [7, 11) is -3.33. The summed E-state index contributed by atoms with van der Waals surface area (Å²) in [6, 6.07) is 12.8. The summed E-state index contributed by atoms with van der Waals surface area (Å²) >= 11 is 6.68.